The highest BCUT2D eigenvalue weighted by molar-refractivity contribution is 5.79. The summed E-state index contributed by atoms with van der Waals surface area (Å²) in [6, 6.07) is 6.84. The van der Waals surface area contributed by atoms with E-state index in [9.17, 15) is 0 Å². The van der Waals surface area contributed by atoms with Gasteiger partial charge in [0.15, 0.2) is 5.96 Å². The zero-order chi connectivity index (χ0) is 17.2. The number of nitrogens with zero attached hydrogens (tertiary/aromatic N) is 3. The quantitative estimate of drug-likeness (QED) is 0.596. The fourth-order valence-corrected chi connectivity index (χ4v) is 3.32. The molecule has 5 nitrogen and oxygen atoms in total. The number of aliphatic imine (C=N–C) groups is 1. The number of aromatic nitrogens is 1. The monoisotopic (exact) mass is 331 g/mol. The molecular formula is C19H33N5. The molecule has 0 radical (unpaired) electrons. The van der Waals surface area contributed by atoms with E-state index in [4.69, 9.17) is 0 Å². The molecular weight excluding hydrogens is 298 g/mol. The first-order valence-corrected chi connectivity index (χ1v) is 9.41. The van der Waals surface area contributed by atoms with Crippen molar-refractivity contribution in [2.24, 2.45) is 4.99 Å². The predicted octanol–water partition coefficient (Wildman–Crippen LogP) is 2.71. The highest BCUT2D eigenvalue weighted by Crippen LogP contribution is 2.18. The molecule has 24 heavy (non-hydrogen) atoms. The Bertz CT molecular complexity index is 514. The predicted molar refractivity (Wildman–Crippen MR) is 101 cm³/mol. The van der Waals surface area contributed by atoms with Crippen molar-refractivity contribution < 1.29 is 0 Å². The number of rotatable bonds is 7. The van der Waals surface area contributed by atoms with Crippen LogP contribution in [0.25, 0.3) is 0 Å². The Morgan fingerprint density at radius 3 is 2.92 bits per heavy atom. The summed E-state index contributed by atoms with van der Waals surface area (Å²) in [5.41, 5.74) is 2.05. The smallest absolute Gasteiger partial charge is 0.191 e. The standard InChI is InChI=1S/C19H33N5/c1-4-18-11-6-7-13-24(18)14-12-21-19(20-5-2)22-15-17-10-8-9-16(3)23-17/h8-10,18H,4-7,11-15H2,1-3H3,(H2,20,21,22). The summed E-state index contributed by atoms with van der Waals surface area (Å²) in [6.45, 7) is 11.2. The van der Waals surface area contributed by atoms with Crippen LogP contribution in [0.2, 0.25) is 0 Å². The minimum atomic E-state index is 0.609. The Labute approximate surface area is 147 Å². The number of guanidine groups is 1. The summed E-state index contributed by atoms with van der Waals surface area (Å²) >= 11 is 0. The minimum Gasteiger partial charge on any atom is -0.357 e. The van der Waals surface area contributed by atoms with Crippen LogP contribution in [-0.4, -0.2) is 48.1 Å². The van der Waals surface area contributed by atoms with Crippen LogP contribution in [0.4, 0.5) is 0 Å². The van der Waals surface area contributed by atoms with Gasteiger partial charge in [0.1, 0.15) is 0 Å². The van der Waals surface area contributed by atoms with Crippen LogP contribution in [-0.2, 0) is 6.54 Å². The van der Waals surface area contributed by atoms with Gasteiger partial charge >= 0.3 is 0 Å². The van der Waals surface area contributed by atoms with Gasteiger partial charge in [-0.05, 0) is 51.8 Å². The molecule has 2 rings (SSSR count). The maximum atomic E-state index is 4.66. The molecule has 0 amide bonds. The lowest BCUT2D eigenvalue weighted by molar-refractivity contribution is 0.147. The van der Waals surface area contributed by atoms with E-state index >= 15 is 0 Å². The molecule has 0 aliphatic carbocycles. The largest absolute Gasteiger partial charge is 0.357 e. The zero-order valence-electron chi connectivity index (χ0n) is 15.5. The second-order valence-corrected chi connectivity index (χ2v) is 6.49. The lowest BCUT2D eigenvalue weighted by Crippen LogP contribution is -2.45. The van der Waals surface area contributed by atoms with Gasteiger partial charge in [-0.3, -0.25) is 9.88 Å². The second kappa shape index (κ2) is 10.3. The average Bonchev–Trinajstić information content (AvgIpc) is 2.60. The molecule has 0 saturated carbocycles. The van der Waals surface area contributed by atoms with E-state index in [2.05, 4.69) is 39.4 Å². The minimum absolute atomic E-state index is 0.609. The summed E-state index contributed by atoms with van der Waals surface area (Å²) in [7, 11) is 0. The highest BCUT2D eigenvalue weighted by atomic mass is 15.2. The first-order valence-electron chi connectivity index (χ1n) is 9.41. The maximum absolute atomic E-state index is 4.66. The Kier molecular flexibility index (Phi) is 8.02. The molecule has 1 atom stereocenters. The van der Waals surface area contributed by atoms with Crippen molar-refractivity contribution in [1.29, 1.82) is 0 Å². The van der Waals surface area contributed by atoms with Crippen LogP contribution in [0.15, 0.2) is 23.2 Å². The molecule has 1 fully saturated rings. The number of nitrogens with one attached hydrogen (secondary N) is 2. The first kappa shape index (κ1) is 18.7. The van der Waals surface area contributed by atoms with Crippen LogP contribution in [0.5, 0.6) is 0 Å². The van der Waals surface area contributed by atoms with Gasteiger partial charge in [0.05, 0.1) is 12.2 Å². The second-order valence-electron chi connectivity index (χ2n) is 6.49. The van der Waals surface area contributed by atoms with Crippen LogP contribution < -0.4 is 10.6 Å². The highest BCUT2D eigenvalue weighted by Gasteiger charge is 2.19. The normalized spacial score (nSPS) is 19.3. The van der Waals surface area contributed by atoms with Crippen molar-refractivity contribution in [3.05, 3.63) is 29.6 Å². The summed E-state index contributed by atoms with van der Waals surface area (Å²) in [5.74, 6) is 0.880. The van der Waals surface area contributed by atoms with Crippen LogP contribution in [0, 0.1) is 6.92 Å². The van der Waals surface area contributed by atoms with E-state index in [0.717, 1.165) is 43.0 Å². The van der Waals surface area contributed by atoms with Gasteiger partial charge in [0.2, 0.25) is 0 Å². The van der Waals surface area contributed by atoms with Gasteiger partial charge in [-0.15, -0.1) is 0 Å². The Balaban J connectivity index is 1.82. The molecule has 0 bridgehead atoms. The number of pyridine rings is 1. The summed E-state index contributed by atoms with van der Waals surface area (Å²) < 4.78 is 0. The summed E-state index contributed by atoms with van der Waals surface area (Å²) in [6.07, 6.45) is 5.33. The SMILES string of the molecule is CCNC(=NCc1cccc(C)n1)NCCN1CCCCC1CC. The van der Waals surface area contributed by atoms with Crippen LogP contribution >= 0.6 is 0 Å². The first-order chi connectivity index (χ1) is 11.7. The van der Waals surface area contributed by atoms with E-state index in [1.54, 1.807) is 0 Å². The molecule has 1 aliphatic rings. The number of aryl methyl sites for hydroxylation is 1. The third kappa shape index (κ3) is 6.11. The number of piperidine rings is 1. The Morgan fingerprint density at radius 2 is 2.17 bits per heavy atom. The molecule has 2 N–H and O–H groups in total. The summed E-state index contributed by atoms with van der Waals surface area (Å²) in [5, 5.41) is 6.79. The summed E-state index contributed by atoms with van der Waals surface area (Å²) in [4.78, 5) is 11.8. The van der Waals surface area contributed by atoms with Gasteiger partial charge in [-0.1, -0.05) is 19.4 Å². The van der Waals surface area contributed by atoms with Gasteiger partial charge in [-0.25, -0.2) is 4.99 Å². The fraction of sp³-hybridized carbons (Fsp3) is 0.684. The van der Waals surface area contributed by atoms with Gasteiger partial charge in [0.25, 0.3) is 0 Å². The molecule has 2 heterocycles. The molecule has 1 aliphatic heterocycles. The molecule has 0 aromatic carbocycles. The molecule has 1 aromatic heterocycles. The zero-order valence-corrected chi connectivity index (χ0v) is 15.5. The van der Waals surface area contributed by atoms with Crippen LogP contribution in [0.1, 0.15) is 50.9 Å². The molecule has 1 aromatic rings. The van der Waals surface area contributed by atoms with Crippen molar-refractivity contribution in [2.75, 3.05) is 26.2 Å². The number of likely N-dealkylation sites (tertiary alicyclic amines) is 1. The topological polar surface area (TPSA) is 52.6 Å². The Morgan fingerprint density at radius 1 is 1.29 bits per heavy atom. The molecule has 0 spiro atoms. The van der Waals surface area contributed by atoms with E-state index in [1.165, 1.54) is 32.2 Å². The van der Waals surface area contributed by atoms with E-state index < -0.39 is 0 Å². The van der Waals surface area contributed by atoms with Crippen molar-refractivity contribution in [3.8, 4) is 0 Å². The van der Waals surface area contributed by atoms with Crippen molar-refractivity contribution in [1.82, 2.24) is 20.5 Å². The molecule has 1 saturated heterocycles. The average molecular weight is 332 g/mol. The number of hydrogen-bond acceptors (Lipinski definition) is 3. The third-order valence-corrected chi connectivity index (χ3v) is 4.60. The lowest BCUT2D eigenvalue weighted by atomic mass is 10.0. The third-order valence-electron chi connectivity index (χ3n) is 4.60. The number of hydrogen-bond donors (Lipinski definition) is 2. The van der Waals surface area contributed by atoms with Gasteiger partial charge < -0.3 is 10.6 Å². The van der Waals surface area contributed by atoms with E-state index in [1.807, 2.05) is 25.1 Å². The van der Waals surface area contributed by atoms with Crippen molar-refractivity contribution in [2.45, 2.75) is 59.0 Å². The fourth-order valence-electron chi connectivity index (χ4n) is 3.32. The van der Waals surface area contributed by atoms with Crippen LogP contribution in [0.3, 0.4) is 0 Å². The molecule has 5 heteroatoms. The van der Waals surface area contributed by atoms with Gasteiger partial charge in [0, 0.05) is 31.4 Å². The van der Waals surface area contributed by atoms with Gasteiger partial charge in [-0.2, -0.15) is 0 Å². The van der Waals surface area contributed by atoms with Crippen molar-refractivity contribution in [3.63, 3.8) is 0 Å². The van der Waals surface area contributed by atoms with E-state index in [0.29, 0.717) is 6.54 Å². The van der Waals surface area contributed by atoms with E-state index in [-0.39, 0.29) is 0 Å². The molecule has 1 unspecified atom stereocenters. The lowest BCUT2D eigenvalue weighted by Gasteiger charge is -2.35. The Hall–Kier alpha value is -1.62. The maximum Gasteiger partial charge on any atom is 0.191 e. The molecule has 134 valence electrons. The van der Waals surface area contributed by atoms with Crippen molar-refractivity contribution >= 4 is 5.96 Å².